The first-order chi connectivity index (χ1) is 10.4. The van der Waals surface area contributed by atoms with Crippen LogP contribution in [-0.4, -0.2) is 11.1 Å². The van der Waals surface area contributed by atoms with Gasteiger partial charge in [-0.3, -0.25) is 4.79 Å². The molecule has 0 unspecified atom stereocenters. The van der Waals surface area contributed by atoms with Gasteiger partial charge >= 0.3 is 5.97 Å². The number of fused-ring (bicyclic) bond motifs is 5. The van der Waals surface area contributed by atoms with Crippen LogP contribution in [0.5, 0.6) is 0 Å². The Kier molecular flexibility index (Phi) is 3.24. The average Bonchev–Trinajstić information content (AvgIpc) is 2.45. The maximum Gasteiger partial charge on any atom is 0.309 e. The van der Waals surface area contributed by atoms with Crippen LogP contribution in [0.4, 0.5) is 0 Å². The van der Waals surface area contributed by atoms with Crippen molar-refractivity contribution in [3.8, 4) is 0 Å². The number of hydrogen-bond acceptors (Lipinski definition) is 1. The highest BCUT2D eigenvalue weighted by atomic mass is 16.4. The molecule has 0 aliphatic heterocycles. The van der Waals surface area contributed by atoms with Crippen molar-refractivity contribution >= 4 is 5.97 Å². The van der Waals surface area contributed by atoms with Crippen LogP contribution in [0.1, 0.15) is 72.1 Å². The standard InChI is InChI=1S/C20H32O2/c1-12-11-15-13(12)5-7-16-14(15)6-8-17-19(16,2)9-4-10-20(17,3)18(21)22/h12-17H,4-11H2,1-3H3,(H,21,22)/t12-,13+,14+,15-,16+,17-,19-,20+/m0/s1. The van der Waals surface area contributed by atoms with Gasteiger partial charge in [0.2, 0.25) is 0 Å². The van der Waals surface area contributed by atoms with E-state index in [9.17, 15) is 9.90 Å². The van der Waals surface area contributed by atoms with Gasteiger partial charge in [0.25, 0.3) is 0 Å². The van der Waals surface area contributed by atoms with E-state index in [4.69, 9.17) is 0 Å². The number of aliphatic carboxylic acids is 1. The molecule has 2 nitrogen and oxygen atoms in total. The van der Waals surface area contributed by atoms with E-state index >= 15 is 0 Å². The first-order valence-electron chi connectivity index (χ1n) is 9.61. The number of carboxylic acids is 1. The summed E-state index contributed by atoms with van der Waals surface area (Å²) in [7, 11) is 0. The van der Waals surface area contributed by atoms with Crippen molar-refractivity contribution in [3.05, 3.63) is 0 Å². The van der Waals surface area contributed by atoms with E-state index in [1.165, 1.54) is 32.1 Å². The molecule has 4 saturated carbocycles. The van der Waals surface area contributed by atoms with Gasteiger partial charge in [0.15, 0.2) is 0 Å². The topological polar surface area (TPSA) is 37.3 Å². The molecule has 0 radical (unpaired) electrons. The largest absolute Gasteiger partial charge is 0.481 e. The second-order valence-electron chi connectivity index (χ2n) is 9.60. The lowest BCUT2D eigenvalue weighted by Crippen LogP contribution is -2.59. The molecule has 4 aliphatic carbocycles. The summed E-state index contributed by atoms with van der Waals surface area (Å²) in [5.74, 6) is 4.51. The summed E-state index contributed by atoms with van der Waals surface area (Å²) in [5, 5.41) is 9.89. The normalized spacial score (nSPS) is 57.0. The zero-order valence-electron chi connectivity index (χ0n) is 14.5. The summed E-state index contributed by atoms with van der Waals surface area (Å²) in [4.78, 5) is 12.0. The highest BCUT2D eigenvalue weighted by Crippen LogP contribution is 2.67. The smallest absolute Gasteiger partial charge is 0.309 e. The molecule has 0 bridgehead atoms. The molecule has 0 spiro atoms. The van der Waals surface area contributed by atoms with Gasteiger partial charge < -0.3 is 5.11 Å². The zero-order chi connectivity index (χ0) is 15.7. The van der Waals surface area contributed by atoms with Crippen molar-refractivity contribution in [2.24, 2.45) is 46.3 Å². The number of hydrogen-bond donors (Lipinski definition) is 1. The summed E-state index contributed by atoms with van der Waals surface area (Å²) in [6.07, 6.45) is 9.99. The second kappa shape index (κ2) is 4.74. The van der Waals surface area contributed by atoms with Gasteiger partial charge in [-0.15, -0.1) is 0 Å². The van der Waals surface area contributed by atoms with Gasteiger partial charge in [-0.2, -0.15) is 0 Å². The van der Waals surface area contributed by atoms with E-state index in [0.717, 1.165) is 48.9 Å². The first kappa shape index (κ1) is 15.0. The first-order valence-corrected chi connectivity index (χ1v) is 9.61. The van der Waals surface area contributed by atoms with Gasteiger partial charge in [0.05, 0.1) is 5.41 Å². The lowest BCUT2D eigenvalue weighted by atomic mass is 9.40. The van der Waals surface area contributed by atoms with Crippen molar-refractivity contribution < 1.29 is 9.90 Å². The third kappa shape index (κ3) is 1.76. The molecule has 0 amide bonds. The zero-order valence-corrected chi connectivity index (χ0v) is 14.5. The number of carboxylic acid groups (broad SMARTS) is 1. The maximum atomic E-state index is 12.0. The molecule has 124 valence electrons. The minimum Gasteiger partial charge on any atom is -0.481 e. The highest BCUT2D eigenvalue weighted by Gasteiger charge is 2.62. The Morgan fingerprint density at radius 3 is 2.41 bits per heavy atom. The molecule has 8 atom stereocenters. The summed E-state index contributed by atoms with van der Waals surface area (Å²) in [6.45, 7) is 6.96. The Morgan fingerprint density at radius 1 is 1.00 bits per heavy atom. The molecule has 0 aromatic rings. The fourth-order valence-electron chi connectivity index (χ4n) is 7.73. The maximum absolute atomic E-state index is 12.0. The fourth-order valence-corrected chi connectivity index (χ4v) is 7.73. The summed E-state index contributed by atoms with van der Waals surface area (Å²) < 4.78 is 0. The van der Waals surface area contributed by atoms with Gasteiger partial charge in [0.1, 0.15) is 0 Å². The third-order valence-electron chi connectivity index (χ3n) is 8.90. The van der Waals surface area contributed by atoms with Crippen molar-refractivity contribution in [2.45, 2.75) is 72.1 Å². The van der Waals surface area contributed by atoms with E-state index in [-0.39, 0.29) is 5.41 Å². The molecule has 4 aliphatic rings. The van der Waals surface area contributed by atoms with E-state index in [1.54, 1.807) is 0 Å². The van der Waals surface area contributed by atoms with Gasteiger partial charge in [-0.25, -0.2) is 0 Å². The molecule has 22 heavy (non-hydrogen) atoms. The van der Waals surface area contributed by atoms with Crippen LogP contribution >= 0.6 is 0 Å². The summed E-state index contributed by atoms with van der Waals surface area (Å²) in [6, 6.07) is 0. The Bertz CT molecular complexity index is 486. The average molecular weight is 304 g/mol. The van der Waals surface area contributed by atoms with Crippen LogP contribution in [0.2, 0.25) is 0 Å². The molecule has 0 heterocycles. The van der Waals surface area contributed by atoms with E-state index in [1.807, 2.05) is 0 Å². The Hall–Kier alpha value is -0.530. The van der Waals surface area contributed by atoms with E-state index < -0.39 is 11.4 Å². The lowest BCUT2D eigenvalue weighted by Gasteiger charge is -2.65. The predicted molar refractivity (Wildman–Crippen MR) is 87.4 cm³/mol. The molecule has 0 aromatic heterocycles. The Morgan fingerprint density at radius 2 is 1.73 bits per heavy atom. The third-order valence-corrected chi connectivity index (χ3v) is 8.90. The van der Waals surface area contributed by atoms with Gasteiger partial charge in [0, 0.05) is 0 Å². The Balaban J connectivity index is 1.65. The molecule has 1 N–H and O–H groups in total. The van der Waals surface area contributed by atoms with Crippen LogP contribution in [0.25, 0.3) is 0 Å². The molecular formula is C20H32O2. The molecule has 0 aromatic carbocycles. The SMILES string of the molecule is C[C@H]1C[C@@H]2[C@H]3CC[C@H]4[C@@](C)(CCC[C@@]4(C)C(=O)O)[C@@H]3CC[C@@H]21. The molecule has 2 heteroatoms. The molecule has 4 rings (SSSR count). The minimum atomic E-state index is -0.534. The lowest BCUT2D eigenvalue weighted by molar-refractivity contribution is -0.184. The van der Waals surface area contributed by atoms with Gasteiger partial charge in [-0.05, 0) is 92.8 Å². The van der Waals surface area contributed by atoms with E-state index in [2.05, 4.69) is 20.8 Å². The van der Waals surface area contributed by atoms with Gasteiger partial charge in [-0.1, -0.05) is 20.3 Å². The van der Waals surface area contributed by atoms with Crippen LogP contribution in [0.15, 0.2) is 0 Å². The minimum absolute atomic E-state index is 0.290. The van der Waals surface area contributed by atoms with Crippen LogP contribution in [0, 0.1) is 46.3 Å². The number of carbonyl (C=O) groups is 1. The molecule has 0 saturated heterocycles. The van der Waals surface area contributed by atoms with Crippen molar-refractivity contribution in [2.75, 3.05) is 0 Å². The fraction of sp³-hybridized carbons (Fsp3) is 0.950. The van der Waals surface area contributed by atoms with E-state index in [0.29, 0.717) is 5.92 Å². The quantitative estimate of drug-likeness (QED) is 0.742. The van der Waals surface area contributed by atoms with Crippen LogP contribution < -0.4 is 0 Å². The van der Waals surface area contributed by atoms with Crippen molar-refractivity contribution in [3.63, 3.8) is 0 Å². The van der Waals surface area contributed by atoms with Crippen molar-refractivity contribution in [1.29, 1.82) is 0 Å². The molecular weight excluding hydrogens is 272 g/mol. The van der Waals surface area contributed by atoms with Crippen molar-refractivity contribution in [1.82, 2.24) is 0 Å². The summed E-state index contributed by atoms with van der Waals surface area (Å²) in [5.41, 5.74) is -0.181. The second-order valence-corrected chi connectivity index (χ2v) is 9.60. The number of rotatable bonds is 1. The molecule has 4 fully saturated rings. The monoisotopic (exact) mass is 304 g/mol. The highest BCUT2D eigenvalue weighted by molar-refractivity contribution is 5.75. The summed E-state index contributed by atoms with van der Waals surface area (Å²) >= 11 is 0. The predicted octanol–water partition coefficient (Wildman–Crippen LogP) is 4.98. The van der Waals surface area contributed by atoms with Crippen LogP contribution in [0.3, 0.4) is 0 Å². The van der Waals surface area contributed by atoms with Crippen LogP contribution in [-0.2, 0) is 4.79 Å². The Labute approximate surface area is 135 Å².